The van der Waals surface area contributed by atoms with Gasteiger partial charge < -0.3 is 4.74 Å². The van der Waals surface area contributed by atoms with Crippen molar-refractivity contribution in [3.05, 3.63) is 24.0 Å². The summed E-state index contributed by atoms with van der Waals surface area (Å²) >= 11 is 0. The number of benzene rings is 1. The fourth-order valence-electron chi connectivity index (χ4n) is 1.42. The van der Waals surface area contributed by atoms with Crippen LogP contribution in [0, 0.1) is 5.82 Å². The average Bonchev–Trinajstić information content (AvgIpc) is 2.29. The Labute approximate surface area is 118 Å². The molecule has 0 fully saturated rings. The number of carbonyl (C=O) groups is 1. The fourth-order valence-corrected chi connectivity index (χ4v) is 2.40. The van der Waals surface area contributed by atoms with Gasteiger partial charge in [0.2, 0.25) is 0 Å². The van der Waals surface area contributed by atoms with Crippen LogP contribution in [0.25, 0.3) is 0 Å². The van der Waals surface area contributed by atoms with Crippen molar-refractivity contribution in [3.63, 3.8) is 0 Å². The zero-order chi connectivity index (χ0) is 15.6. The molecule has 1 aromatic carbocycles. The third-order valence-electron chi connectivity index (χ3n) is 2.31. The van der Waals surface area contributed by atoms with Crippen LogP contribution in [0.2, 0.25) is 0 Å². The minimum absolute atomic E-state index is 0.222. The van der Waals surface area contributed by atoms with E-state index in [1.807, 2.05) is 0 Å². The van der Waals surface area contributed by atoms with Crippen molar-refractivity contribution in [3.8, 4) is 0 Å². The van der Waals surface area contributed by atoms with Gasteiger partial charge in [0.05, 0.1) is 11.4 Å². The summed E-state index contributed by atoms with van der Waals surface area (Å²) in [5.41, 5.74) is -0.956. The molecule has 0 aliphatic rings. The minimum atomic E-state index is -3.69. The number of rotatable bonds is 3. The minimum Gasteiger partial charge on any atom is -0.444 e. The molecular weight excluding hydrogens is 285 g/mol. The van der Waals surface area contributed by atoms with Crippen molar-refractivity contribution in [2.45, 2.75) is 38.2 Å². The van der Waals surface area contributed by atoms with E-state index >= 15 is 0 Å². The molecule has 1 aromatic rings. The van der Waals surface area contributed by atoms with E-state index in [1.165, 1.54) is 19.1 Å². The number of hydrogen-bond acceptors (Lipinski definition) is 4. The Balaban J connectivity index is 3.05. The zero-order valence-electron chi connectivity index (χ0n) is 11.9. The number of anilines is 1. The fraction of sp³-hybridized carbons (Fsp3) is 0.462. The number of hydrogen-bond donors (Lipinski definition) is 1. The summed E-state index contributed by atoms with van der Waals surface area (Å²) in [7, 11) is -3.69. The molecule has 1 N–H and O–H groups in total. The number of nitrogens with one attached hydrogen (secondary N) is 1. The first-order chi connectivity index (χ1) is 9.07. The highest BCUT2D eigenvalue weighted by atomic mass is 32.2. The second-order valence-corrected chi connectivity index (χ2v) is 7.39. The van der Waals surface area contributed by atoms with E-state index < -0.39 is 32.2 Å². The van der Waals surface area contributed by atoms with Crippen molar-refractivity contribution in [2.75, 3.05) is 11.1 Å². The SMILES string of the molecule is CCS(=O)(=O)c1cccc(NC(=O)OC(C)(C)C)c1F. The van der Waals surface area contributed by atoms with Gasteiger partial charge in [0, 0.05) is 0 Å². The Morgan fingerprint density at radius 1 is 1.35 bits per heavy atom. The molecule has 0 aromatic heterocycles. The number of ether oxygens (including phenoxy) is 1. The lowest BCUT2D eigenvalue weighted by atomic mass is 10.2. The summed E-state index contributed by atoms with van der Waals surface area (Å²) < 4.78 is 42.5. The first-order valence-corrected chi connectivity index (χ1v) is 7.73. The molecule has 0 spiro atoms. The van der Waals surface area contributed by atoms with Gasteiger partial charge in [-0.3, -0.25) is 5.32 Å². The maximum Gasteiger partial charge on any atom is 0.412 e. The molecule has 1 rings (SSSR count). The highest BCUT2D eigenvalue weighted by Crippen LogP contribution is 2.23. The summed E-state index contributed by atoms with van der Waals surface area (Å²) in [6.45, 7) is 6.42. The first kappa shape index (κ1) is 16.4. The van der Waals surface area contributed by atoms with Gasteiger partial charge in [0.25, 0.3) is 0 Å². The van der Waals surface area contributed by atoms with Crippen LogP contribution in [0.4, 0.5) is 14.9 Å². The molecule has 7 heteroatoms. The van der Waals surface area contributed by atoms with Crippen molar-refractivity contribution in [1.29, 1.82) is 0 Å². The summed E-state index contributed by atoms with van der Waals surface area (Å²) in [5.74, 6) is -1.21. The smallest absolute Gasteiger partial charge is 0.412 e. The number of halogens is 1. The van der Waals surface area contributed by atoms with E-state index in [4.69, 9.17) is 4.74 Å². The monoisotopic (exact) mass is 303 g/mol. The van der Waals surface area contributed by atoms with Crippen LogP contribution in [0.15, 0.2) is 23.1 Å². The van der Waals surface area contributed by atoms with E-state index in [2.05, 4.69) is 5.32 Å². The standard InChI is InChI=1S/C13H18FNO4S/c1-5-20(17,18)10-8-6-7-9(11(10)14)15-12(16)19-13(2,3)4/h6-8H,5H2,1-4H3,(H,15,16). The van der Waals surface area contributed by atoms with E-state index in [0.29, 0.717) is 0 Å². The van der Waals surface area contributed by atoms with Gasteiger partial charge in [-0.05, 0) is 32.9 Å². The molecule has 0 aliphatic carbocycles. The van der Waals surface area contributed by atoms with E-state index in [9.17, 15) is 17.6 Å². The molecule has 0 saturated heterocycles. The first-order valence-electron chi connectivity index (χ1n) is 6.08. The van der Waals surface area contributed by atoms with Crippen LogP contribution in [0.1, 0.15) is 27.7 Å². The molecule has 5 nitrogen and oxygen atoms in total. The highest BCUT2D eigenvalue weighted by Gasteiger charge is 2.22. The molecule has 20 heavy (non-hydrogen) atoms. The van der Waals surface area contributed by atoms with Gasteiger partial charge in [-0.1, -0.05) is 13.0 Å². The molecule has 112 valence electrons. The second kappa shape index (κ2) is 5.78. The Morgan fingerprint density at radius 3 is 2.45 bits per heavy atom. The van der Waals surface area contributed by atoms with Gasteiger partial charge in [0.15, 0.2) is 15.7 Å². The molecule has 0 saturated carbocycles. The van der Waals surface area contributed by atoms with Crippen LogP contribution in [0.3, 0.4) is 0 Å². The third kappa shape index (κ3) is 4.19. The van der Waals surface area contributed by atoms with Crippen molar-refractivity contribution < 1.29 is 22.3 Å². The predicted octanol–water partition coefficient (Wildman–Crippen LogP) is 2.97. The van der Waals surface area contributed by atoms with Gasteiger partial charge in [0.1, 0.15) is 10.5 Å². The molecule has 0 aliphatic heterocycles. The quantitative estimate of drug-likeness (QED) is 0.931. The normalized spacial score (nSPS) is 12.1. The number of carbonyl (C=O) groups excluding carboxylic acids is 1. The van der Waals surface area contributed by atoms with E-state index in [-0.39, 0.29) is 11.4 Å². The Morgan fingerprint density at radius 2 is 1.95 bits per heavy atom. The van der Waals surface area contributed by atoms with E-state index in [1.54, 1.807) is 20.8 Å². The summed E-state index contributed by atoms with van der Waals surface area (Å²) in [4.78, 5) is 11.1. The average molecular weight is 303 g/mol. The zero-order valence-corrected chi connectivity index (χ0v) is 12.7. The van der Waals surface area contributed by atoms with Crippen molar-refractivity contribution in [1.82, 2.24) is 0 Å². The van der Waals surface area contributed by atoms with Gasteiger partial charge in [-0.25, -0.2) is 17.6 Å². The summed E-state index contributed by atoms with van der Waals surface area (Å²) in [6, 6.07) is 3.79. The number of sulfone groups is 1. The van der Waals surface area contributed by atoms with Crippen molar-refractivity contribution in [2.24, 2.45) is 0 Å². The molecular formula is C13H18FNO4S. The van der Waals surface area contributed by atoms with Gasteiger partial charge >= 0.3 is 6.09 Å². The molecule has 0 heterocycles. The lowest BCUT2D eigenvalue weighted by molar-refractivity contribution is 0.0635. The Hall–Kier alpha value is -1.63. The Kier molecular flexibility index (Phi) is 4.75. The summed E-state index contributed by atoms with van der Waals surface area (Å²) in [5, 5.41) is 2.20. The van der Waals surface area contributed by atoms with Crippen molar-refractivity contribution >= 4 is 21.6 Å². The van der Waals surface area contributed by atoms with E-state index in [0.717, 1.165) is 6.07 Å². The molecule has 0 atom stereocenters. The molecule has 0 radical (unpaired) electrons. The summed E-state index contributed by atoms with van der Waals surface area (Å²) in [6.07, 6.45) is -0.845. The maximum atomic E-state index is 14.1. The largest absolute Gasteiger partial charge is 0.444 e. The molecule has 0 bridgehead atoms. The molecule has 0 unspecified atom stereocenters. The lowest BCUT2D eigenvalue weighted by Gasteiger charge is -2.20. The van der Waals surface area contributed by atoms with Crippen LogP contribution in [0.5, 0.6) is 0 Å². The maximum absolute atomic E-state index is 14.1. The Bertz CT molecular complexity index is 605. The second-order valence-electron chi connectivity index (χ2n) is 5.15. The third-order valence-corrected chi connectivity index (χ3v) is 4.06. The topological polar surface area (TPSA) is 72.5 Å². The lowest BCUT2D eigenvalue weighted by Crippen LogP contribution is -2.27. The van der Waals surface area contributed by atoms with Gasteiger partial charge in [-0.2, -0.15) is 0 Å². The van der Waals surface area contributed by atoms with Crippen LogP contribution in [-0.4, -0.2) is 25.9 Å². The number of amides is 1. The highest BCUT2D eigenvalue weighted by molar-refractivity contribution is 7.91. The van der Waals surface area contributed by atoms with Crippen LogP contribution in [-0.2, 0) is 14.6 Å². The predicted molar refractivity (Wildman–Crippen MR) is 74.0 cm³/mol. The van der Waals surface area contributed by atoms with Gasteiger partial charge in [-0.15, -0.1) is 0 Å². The van der Waals surface area contributed by atoms with Crippen LogP contribution < -0.4 is 5.32 Å². The molecule has 1 amide bonds. The van der Waals surface area contributed by atoms with Crippen LogP contribution >= 0.6 is 0 Å².